The number of thiol groups is 1. The number of oxazole rings is 1. The van der Waals surface area contributed by atoms with Crippen LogP contribution in [-0.2, 0) is 0 Å². The summed E-state index contributed by atoms with van der Waals surface area (Å²) in [5.74, 6) is 0.751. The maximum absolute atomic E-state index is 5.22. The second kappa shape index (κ2) is 4.16. The highest BCUT2D eigenvalue weighted by Gasteiger charge is 2.03. The highest BCUT2D eigenvalue weighted by atomic mass is 32.1. The van der Waals surface area contributed by atoms with Gasteiger partial charge in [0.25, 0.3) is 5.22 Å². The SMILES string of the molecule is C/C=C\c1nc(S)oc1/C=C\C. The van der Waals surface area contributed by atoms with Gasteiger partial charge >= 0.3 is 0 Å². The van der Waals surface area contributed by atoms with Crippen molar-refractivity contribution < 1.29 is 4.42 Å². The Labute approximate surface area is 77.4 Å². The Morgan fingerprint density at radius 3 is 2.50 bits per heavy atom. The topological polar surface area (TPSA) is 26.0 Å². The van der Waals surface area contributed by atoms with Crippen molar-refractivity contribution in [1.82, 2.24) is 4.98 Å². The minimum atomic E-state index is 0.399. The highest BCUT2D eigenvalue weighted by molar-refractivity contribution is 7.80. The lowest BCUT2D eigenvalue weighted by atomic mass is 10.3. The van der Waals surface area contributed by atoms with Gasteiger partial charge in [-0.3, -0.25) is 0 Å². The van der Waals surface area contributed by atoms with Crippen molar-refractivity contribution in [2.45, 2.75) is 19.1 Å². The molecule has 3 heteroatoms. The molecule has 0 atom stereocenters. The smallest absolute Gasteiger partial charge is 0.253 e. The zero-order chi connectivity index (χ0) is 8.97. The van der Waals surface area contributed by atoms with Gasteiger partial charge in [-0.05, 0) is 26.0 Å². The Hall–Kier alpha value is -0.960. The van der Waals surface area contributed by atoms with Crippen LogP contribution in [-0.4, -0.2) is 4.98 Å². The Morgan fingerprint density at radius 2 is 1.92 bits per heavy atom. The van der Waals surface area contributed by atoms with Crippen molar-refractivity contribution in [2.24, 2.45) is 0 Å². The molecular formula is C9H11NOS. The largest absolute Gasteiger partial charge is 0.432 e. The van der Waals surface area contributed by atoms with E-state index in [-0.39, 0.29) is 0 Å². The Morgan fingerprint density at radius 1 is 1.25 bits per heavy atom. The molecule has 0 saturated heterocycles. The van der Waals surface area contributed by atoms with Gasteiger partial charge in [-0.15, -0.1) is 0 Å². The third kappa shape index (κ3) is 2.01. The predicted octanol–water partition coefficient (Wildman–Crippen LogP) is 3.03. The first kappa shape index (κ1) is 9.13. The number of hydrogen-bond donors (Lipinski definition) is 1. The second-order valence-corrected chi connectivity index (χ2v) is 2.63. The van der Waals surface area contributed by atoms with Crippen LogP contribution in [0.1, 0.15) is 25.3 Å². The third-order valence-corrected chi connectivity index (χ3v) is 1.50. The van der Waals surface area contributed by atoms with Crippen molar-refractivity contribution in [2.75, 3.05) is 0 Å². The van der Waals surface area contributed by atoms with Gasteiger partial charge in [-0.2, -0.15) is 0 Å². The fraction of sp³-hybridized carbons (Fsp3) is 0.222. The number of hydrogen-bond acceptors (Lipinski definition) is 3. The molecule has 0 N–H and O–H groups in total. The first-order valence-electron chi connectivity index (χ1n) is 3.73. The van der Waals surface area contributed by atoms with Gasteiger partial charge < -0.3 is 4.42 Å². The summed E-state index contributed by atoms with van der Waals surface area (Å²) < 4.78 is 5.22. The van der Waals surface area contributed by atoms with E-state index in [1.54, 1.807) is 0 Å². The van der Waals surface area contributed by atoms with Crippen LogP contribution < -0.4 is 0 Å². The van der Waals surface area contributed by atoms with E-state index in [1.165, 1.54) is 0 Å². The summed E-state index contributed by atoms with van der Waals surface area (Å²) >= 11 is 4.01. The lowest BCUT2D eigenvalue weighted by Crippen LogP contribution is -1.73. The molecular weight excluding hydrogens is 170 g/mol. The van der Waals surface area contributed by atoms with Crippen LogP contribution in [0.5, 0.6) is 0 Å². The zero-order valence-electron chi connectivity index (χ0n) is 7.11. The number of aromatic nitrogens is 1. The van der Waals surface area contributed by atoms with E-state index in [0.717, 1.165) is 11.5 Å². The maximum atomic E-state index is 5.22. The fourth-order valence-corrected chi connectivity index (χ4v) is 1.09. The number of allylic oxidation sites excluding steroid dienone is 2. The molecule has 1 aromatic rings. The summed E-state index contributed by atoms with van der Waals surface area (Å²) in [6.07, 6.45) is 7.57. The van der Waals surface area contributed by atoms with Gasteiger partial charge in [0.05, 0.1) is 0 Å². The molecule has 0 aliphatic rings. The molecule has 1 rings (SSSR count). The van der Waals surface area contributed by atoms with Gasteiger partial charge in [0.2, 0.25) is 0 Å². The van der Waals surface area contributed by atoms with E-state index in [2.05, 4.69) is 17.6 Å². The van der Waals surface area contributed by atoms with Gasteiger partial charge in [0.15, 0.2) is 5.76 Å². The van der Waals surface area contributed by atoms with E-state index < -0.39 is 0 Å². The molecule has 0 amide bonds. The van der Waals surface area contributed by atoms with Gasteiger partial charge in [0.1, 0.15) is 5.69 Å². The molecule has 0 saturated carbocycles. The van der Waals surface area contributed by atoms with Crippen LogP contribution in [0.3, 0.4) is 0 Å². The standard InChI is InChI=1S/C9H11NOS/c1-3-5-7-8(6-4-2)11-9(12)10-7/h3-6H,1-2H3,(H,10,12)/b5-3-,6-4-. The van der Waals surface area contributed by atoms with Crippen LogP contribution in [0.25, 0.3) is 12.2 Å². The highest BCUT2D eigenvalue weighted by Crippen LogP contribution is 2.16. The minimum Gasteiger partial charge on any atom is -0.432 e. The summed E-state index contributed by atoms with van der Waals surface area (Å²) in [7, 11) is 0. The lowest BCUT2D eigenvalue weighted by Gasteiger charge is -1.84. The molecule has 0 aromatic carbocycles. The van der Waals surface area contributed by atoms with Crippen molar-refractivity contribution in [3.05, 3.63) is 23.6 Å². The quantitative estimate of drug-likeness (QED) is 0.710. The Balaban J connectivity index is 3.07. The van der Waals surface area contributed by atoms with E-state index in [4.69, 9.17) is 4.42 Å². The third-order valence-electron chi connectivity index (χ3n) is 1.31. The predicted molar refractivity (Wildman–Crippen MR) is 53.2 cm³/mol. The van der Waals surface area contributed by atoms with Crippen molar-refractivity contribution in [3.63, 3.8) is 0 Å². The molecule has 0 radical (unpaired) electrons. The molecule has 0 aliphatic carbocycles. The van der Waals surface area contributed by atoms with E-state index >= 15 is 0 Å². The zero-order valence-corrected chi connectivity index (χ0v) is 8.01. The molecule has 0 fully saturated rings. The molecule has 1 heterocycles. The Bertz CT molecular complexity index is 283. The molecule has 0 unspecified atom stereocenters. The Kier molecular flexibility index (Phi) is 3.17. The monoisotopic (exact) mass is 181 g/mol. The van der Waals surface area contributed by atoms with Crippen LogP contribution >= 0.6 is 12.6 Å². The van der Waals surface area contributed by atoms with E-state index in [0.29, 0.717) is 5.22 Å². The van der Waals surface area contributed by atoms with Gasteiger partial charge in [-0.25, -0.2) is 4.98 Å². The first-order chi connectivity index (χ1) is 5.77. The van der Waals surface area contributed by atoms with Crippen molar-refractivity contribution in [1.29, 1.82) is 0 Å². The second-order valence-electron chi connectivity index (χ2n) is 2.25. The summed E-state index contributed by atoms with van der Waals surface area (Å²) in [6.45, 7) is 3.87. The molecule has 0 bridgehead atoms. The summed E-state index contributed by atoms with van der Waals surface area (Å²) in [5, 5.41) is 0.399. The van der Waals surface area contributed by atoms with E-state index in [9.17, 15) is 0 Å². The minimum absolute atomic E-state index is 0.399. The van der Waals surface area contributed by atoms with Crippen molar-refractivity contribution in [3.8, 4) is 0 Å². The normalized spacial score (nSPS) is 11.9. The fourth-order valence-electron chi connectivity index (χ4n) is 0.880. The van der Waals surface area contributed by atoms with Crippen LogP contribution in [0.4, 0.5) is 0 Å². The average molecular weight is 181 g/mol. The van der Waals surface area contributed by atoms with E-state index in [1.807, 2.05) is 38.2 Å². The van der Waals surface area contributed by atoms with Gasteiger partial charge in [-0.1, -0.05) is 24.8 Å². The molecule has 0 aliphatic heterocycles. The van der Waals surface area contributed by atoms with Gasteiger partial charge in [0, 0.05) is 0 Å². The number of nitrogens with zero attached hydrogens (tertiary/aromatic N) is 1. The van der Waals surface area contributed by atoms with Crippen LogP contribution in [0, 0.1) is 0 Å². The van der Waals surface area contributed by atoms with Crippen molar-refractivity contribution >= 4 is 24.8 Å². The molecule has 1 aromatic heterocycles. The van der Waals surface area contributed by atoms with Crippen LogP contribution in [0.2, 0.25) is 0 Å². The maximum Gasteiger partial charge on any atom is 0.253 e. The van der Waals surface area contributed by atoms with Crippen LogP contribution in [0.15, 0.2) is 21.8 Å². The number of rotatable bonds is 2. The molecule has 2 nitrogen and oxygen atoms in total. The summed E-state index contributed by atoms with van der Waals surface area (Å²) in [5.41, 5.74) is 0.820. The average Bonchev–Trinajstić information content (AvgIpc) is 2.33. The molecule has 0 spiro atoms. The summed E-state index contributed by atoms with van der Waals surface area (Å²) in [6, 6.07) is 0. The molecule has 12 heavy (non-hydrogen) atoms. The lowest BCUT2D eigenvalue weighted by molar-refractivity contribution is 0.449. The summed E-state index contributed by atoms with van der Waals surface area (Å²) in [4.78, 5) is 4.08. The molecule has 64 valence electrons. The first-order valence-corrected chi connectivity index (χ1v) is 4.17.